The van der Waals surface area contributed by atoms with Crippen molar-refractivity contribution < 1.29 is 9.31 Å². The summed E-state index contributed by atoms with van der Waals surface area (Å²) in [6.07, 6.45) is 1.11. The first-order valence-electron chi connectivity index (χ1n) is 7.98. The second kappa shape index (κ2) is 6.19. The Morgan fingerprint density at radius 2 is 1.71 bits per heavy atom. The molecule has 1 aliphatic heterocycles. The quantitative estimate of drug-likeness (QED) is 0.426. The first-order valence-corrected chi connectivity index (χ1v) is 15.2. The number of fused-ring (bicyclic) bond motifs is 1. The molecule has 0 atom stereocenters. The molecule has 0 bridgehead atoms. The van der Waals surface area contributed by atoms with Crippen molar-refractivity contribution in [3.63, 3.8) is 0 Å². The van der Waals surface area contributed by atoms with Gasteiger partial charge in [-0.15, -0.1) is 0 Å². The van der Waals surface area contributed by atoms with Gasteiger partial charge in [0.2, 0.25) is 5.69 Å². The summed E-state index contributed by atoms with van der Waals surface area (Å²) < 4.78 is 8.49. The van der Waals surface area contributed by atoms with E-state index in [1.165, 1.54) is 17.3 Å². The molecular formula is C17H30NOSi2+. The number of hydrogen-bond acceptors (Lipinski definition) is 1. The van der Waals surface area contributed by atoms with Crippen LogP contribution in [0.2, 0.25) is 45.3 Å². The average molecular weight is 321 g/mol. The molecule has 2 nitrogen and oxygen atoms in total. The van der Waals surface area contributed by atoms with Crippen LogP contribution >= 0.6 is 0 Å². The van der Waals surface area contributed by atoms with Gasteiger partial charge in [-0.3, -0.25) is 0 Å². The molecule has 21 heavy (non-hydrogen) atoms. The van der Waals surface area contributed by atoms with Gasteiger partial charge in [0.05, 0.1) is 13.0 Å². The zero-order chi connectivity index (χ0) is 15.7. The van der Waals surface area contributed by atoms with E-state index >= 15 is 0 Å². The largest absolute Gasteiger partial charge is 0.324 e. The van der Waals surface area contributed by atoms with Crippen molar-refractivity contribution in [3.8, 4) is 0 Å². The van der Waals surface area contributed by atoms with Crippen LogP contribution in [0.1, 0.15) is 5.56 Å². The van der Waals surface area contributed by atoms with Crippen LogP contribution in [-0.2, 0) is 11.2 Å². The summed E-state index contributed by atoms with van der Waals surface area (Å²) >= 11 is 0. The third kappa shape index (κ3) is 4.38. The van der Waals surface area contributed by atoms with Gasteiger partial charge in [-0.2, -0.15) is 4.58 Å². The number of ether oxygens (including phenoxy) is 1. The fourth-order valence-electron chi connectivity index (χ4n) is 2.70. The van der Waals surface area contributed by atoms with Crippen LogP contribution in [0, 0.1) is 0 Å². The molecule has 0 saturated carbocycles. The summed E-state index contributed by atoms with van der Waals surface area (Å²) in [4.78, 5) is 0. The fourth-order valence-corrected chi connectivity index (χ4v) is 5.17. The van der Waals surface area contributed by atoms with Crippen LogP contribution in [0.4, 0.5) is 5.69 Å². The number of rotatable bonds is 6. The van der Waals surface area contributed by atoms with E-state index in [0.29, 0.717) is 0 Å². The van der Waals surface area contributed by atoms with E-state index in [0.717, 1.165) is 19.8 Å². The topological polar surface area (TPSA) is 12.2 Å². The molecule has 0 N–H and O–H groups in total. The summed E-state index contributed by atoms with van der Waals surface area (Å²) in [5.41, 5.74) is 2.83. The Hall–Kier alpha value is -0.716. The fraction of sp³-hybridized carbons (Fsp3) is 0.588. The minimum Gasteiger partial charge on any atom is -0.324 e. The highest BCUT2D eigenvalue weighted by Gasteiger charge is 2.38. The van der Waals surface area contributed by atoms with Gasteiger partial charge in [-0.05, 0) is 6.04 Å². The van der Waals surface area contributed by atoms with E-state index in [2.05, 4.69) is 68.1 Å². The highest BCUT2D eigenvalue weighted by atomic mass is 28.3. The van der Waals surface area contributed by atoms with Gasteiger partial charge in [0.1, 0.15) is 5.33 Å². The lowest BCUT2D eigenvalue weighted by Gasteiger charge is -2.16. The summed E-state index contributed by atoms with van der Waals surface area (Å²) in [5.74, 6) is 0. The molecule has 0 aliphatic carbocycles. The molecule has 0 saturated heterocycles. The number of benzene rings is 1. The molecule has 1 aromatic carbocycles. The van der Waals surface area contributed by atoms with Crippen LogP contribution in [0.15, 0.2) is 24.3 Å². The van der Waals surface area contributed by atoms with Crippen molar-refractivity contribution in [1.29, 1.82) is 0 Å². The first-order chi connectivity index (χ1) is 9.68. The molecule has 2 rings (SSSR count). The normalized spacial score (nSPS) is 15.5. The SMILES string of the molecule is C[Si](C)(C)CCOC[N+]1=C([Si](C)(C)C)Cc2ccccc21. The van der Waals surface area contributed by atoms with E-state index in [-0.39, 0.29) is 0 Å². The lowest BCUT2D eigenvalue weighted by molar-refractivity contribution is -0.486. The molecule has 0 spiro atoms. The molecule has 4 heteroatoms. The van der Waals surface area contributed by atoms with E-state index < -0.39 is 16.1 Å². The molecule has 1 aliphatic rings. The molecule has 1 heterocycles. The van der Waals surface area contributed by atoms with Crippen LogP contribution in [0.3, 0.4) is 0 Å². The zero-order valence-corrected chi connectivity index (χ0v) is 16.5. The third-order valence-corrected chi connectivity index (χ3v) is 7.93. The lowest BCUT2D eigenvalue weighted by Crippen LogP contribution is -2.39. The molecule has 116 valence electrons. The van der Waals surface area contributed by atoms with Crippen LogP contribution in [0.5, 0.6) is 0 Å². The summed E-state index contributed by atoms with van der Waals surface area (Å²) in [7, 11) is -2.31. The Morgan fingerprint density at radius 1 is 1.05 bits per heavy atom. The average Bonchev–Trinajstić information content (AvgIpc) is 2.72. The predicted octanol–water partition coefficient (Wildman–Crippen LogP) is 4.52. The van der Waals surface area contributed by atoms with Crippen LogP contribution in [-0.4, -0.2) is 39.4 Å². The zero-order valence-electron chi connectivity index (χ0n) is 14.5. The summed E-state index contributed by atoms with van der Waals surface area (Å²) in [6.45, 7) is 16.1. The van der Waals surface area contributed by atoms with E-state index in [1.54, 1.807) is 5.33 Å². The maximum Gasteiger partial charge on any atom is 0.252 e. The Bertz CT molecular complexity index is 538. The lowest BCUT2D eigenvalue weighted by atomic mass is 10.2. The Balaban J connectivity index is 2.12. The summed E-state index contributed by atoms with van der Waals surface area (Å²) in [6, 6.07) is 10.0. The van der Waals surface area contributed by atoms with Crippen molar-refractivity contribution in [2.24, 2.45) is 0 Å². The smallest absolute Gasteiger partial charge is 0.252 e. The van der Waals surface area contributed by atoms with Crippen molar-refractivity contribution in [1.82, 2.24) is 0 Å². The van der Waals surface area contributed by atoms with E-state index in [1.807, 2.05) is 0 Å². The summed E-state index contributed by atoms with van der Waals surface area (Å²) in [5, 5.41) is 1.61. The van der Waals surface area contributed by atoms with Crippen LogP contribution < -0.4 is 0 Å². The van der Waals surface area contributed by atoms with Crippen molar-refractivity contribution in [2.75, 3.05) is 13.3 Å². The Labute approximate surface area is 131 Å². The minimum atomic E-state index is -1.31. The molecule has 0 fully saturated rings. The van der Waals surface area contributed by atoms with Gasteiger partial charge >= 0.3 is 0 Å². The predicted molar refractivity (Wildman–Crippen MR) is 97.4 cm³/mol. The van der Waals surface area contributed by atoms with Gasteiger partial charge in [-0.1, -0.05) is 57.5 Å². The van der Waals surface area contributed by atoms with Gasteiger partial charge in [0.15, 0.2) is 8.07 Å². The van der Waals surface area contributed by atoms with Gasteiger partial charge in [0.25, 0.3) is 6.73 Å². The number of hydrogen-bond donors (Lipinski definition) is 0. The molecule has 0 amide bonds. The Morgan fingerprint density at radius 3 is 2.33 bits per heavy atom. The molecule has 0 aromatic heterocycles. The van der Waals surface area contributed by atoms with Gasteiger partial charge in [0, 0.05) is 19.7 Å². The molecule has 1 aromatic rings. The highest BCUT2D eigenvalue weighted by molar-refractivity contribution is 7.03. The minimum absolute atomic E-state index is 0.723. The maximum atomic E-state index is 6.04. The number of para-hydroxylation sites is 1. The molecular weight excluding hydrogens is 290 g/mol. The van der Waals surface area contributed by atoms with Gasteiger partial charge < -0.3 is 4.74 Å². The van der Waals surface area contributed by atoms with E-state index in [4.69, 9.17) is 4.74 Å². The molecule has 0 unspecified atom stereocenters. The van der Waals surface area contributed by atoms with Gasteiger partial charge in [-0.25, -0.2) is 0 Å². The van der Waals surface area contributed by atoms with Crippen LogP contribution in [0.25, 0.3) is 0 Å². The highest BCUT2D eigenvalue weighted by Crippen LogP contribution is 2.29. The molecule has 0 radical (unpaired) electrons. The second-order valence-corrected chi connectivity index (χ2v) is 19.0. The maximum absolute atomic E-state index is 6.04. The second-order valence-electron chi connectivity index (χ2n) is 8.28. The van der Waals surface area contributed by atoms with Crippen molar-refractivity contribution >= 4 is 27.2 Å². The third-order valence-electron chi connectivity index (χ3n) is 4.05. The monoisotopic (exact) mass is 320 g/mol. The Kier molecular flexibility index (Phi) is 4.90. The number of nitrogens with zero attached hydrogens (tertiary/aromatic N) is 1. The van der Waals surface area contributed by atoms with Crippen molar-refractivity contribution in [2.45, 2.75) is 51.7 Å². The van der Waals surface area contributed by atoms with Crippen molar-refractivity contribution in [3.05, 3.63) is 29.8 Å². The first kappa shape index (κ1) is 16.7. The standard InChI is InChI=1S/C17H30NOSi2/c1-20(2,3)12-11-19-14-18-16-10-8-7-9-15(16)13-17(18)21(4,5)6/h7-10H,11-14H2,1-6H3/q+1. The van der Waals surface area contributed by atoms with E-state index in [9.17, 15) is 0 Å².